The molecule has 160 valence electrons. The smallest absolute Gasteiger partial charge is 0.268 e. The summed E-state index contributed by atoms with van der Waals surface area (Å²) >= 11 is 2.91. The van der Waals surface area contributed by atoms with Crippen LogP contribution >= 0.6 is 23.5 Å². The second-order valence-electron chi connectivity index (χ2n) is 7.89. The summed E-state index contributed by atoms with van der Waals surface area (Å²) in [6.45, 7) is 6.56. The van der Waals surface area contributed by atoms with Gasteiger partial charge in [0.05, 0.1) is 22.9 Å². The Morgan fingerprint density at radius 1 is 1.19 bits per heavy atom. The fraction of sp³-hybridized carbons (Fsp3) is 0.292. The van der Waals surface area contributed by atoms with E-state index in [2.05, 4.69) is 18.3 Å². The Hall–Kier alpha value is -2.51. The number of carbonyl (C=O) groups excluding carboxylic acids is 1. The van der Waals surface area contributed by atoms with Crippen LogP contribution < -0.4 is 10.9 Å². The Bertz CT molecular complexity index is 1160. The van der Waals surface area contributed by atoms with Crippen molar-refractivity contribution in [3.63, 3.8) is 0 Å². The van der Waals surface area contributed by atoms with Crippen molar-refractivity contribution >= 4 is 35.1 Å². The largest absolute Gasteiger partial charge is 0.325 e. The van der Waals surface area contributed by atoms with Gasteiger partial charge in [-0.2, -0.15) is 0 Å². The lowest BCUT2D eigenvalue weighted by Crippen LogP contribution is -2.26. The number of thioether (sulfide) groups is 2. The zero-order chi connectivity index (χ0) is 22.0. The molecule has 7 heteroatoms. The molecule has 1 aliphatic rings. The van der Waals surface area contributed by atoms with E-state index in [9.17, 15) is 9.59 Å². The van der Waals surface area contributed by atoms with Gasteiger partial charge in [-0.1, -0.05) is 55.1 Å². The van der Waals surface area contributed by atoms with E-state index in [0.717, 1.165) is 39.4 Å². The Morgan fingerprint density at radius 3 is 2.61 bits per heavy atom. The highest BCUT2D eigenvalue weighted by Crippen LogP contribution is 2.34. The molecule has 2 heterocycles. The molecule has 0 fully saturated rings. The van der Waals surface area contributed by atoms with E-state index in [4.69, 9.17) is 4.98 Å². The number of aromatic nitrogens is 2. The minimum Gasteiger partial charge on any atom is -0.325 e. The van der Waals surface area contributed by atoms with Crippen LogP contribution in [0.2, 0.25) is 0 Å². The minimum absolute atomic E-state index is 0.0135. The van der Waals surface area contributed by atoms with Crippen molar-refractivity contribution in [3.05, 3.63) is 81.3 Å². The maximum absolute atomic E-state index is 13.2. The molecular weight excluding hydrogens is 426 g/mol. The molecule has 5 nitrogen and oxygen atoms in total. The summed E-state index contributed by atoms with van der Waals surface area (Å²) in [4.78, 5) is 31.4. The number of aryl methyl sites for hydroxylation is 2. The molecule has 4 rings (SSSR count). The average molecular weight is 452 g/mol. The van der Waals surface area contributed by atoms with Crippen molar-refractivity contribution in [1.29, 1.82) is 0 Å². The zero-order valence-electron chi connectivity index (χ0n) is 17.8. The molecule has 0 radical (unpaired) electrons. The summed E-state index contributed by atoms with van der Waals surface area (Å²) in [6.07, 6.45) is 0.781. The van der Waals surface area contributed by atoms with Gasteiger partial charge in [0.1, 0.15) is 0 Å². The summed E-state index contributed by atoms with van der Waals surface area (Å²) in [5, 5.41) is 3.89. The molecule has 0 bridgehead atoms. The number of fused-ring (bicyclic) bond motifs is 1. The maximum Gasteiger partial charge on any atom is 0.268 e. The lowest BCUT2D eigenvalue weighted by Gasteiger charge is -2.14. The number of nitrogens with zero attached hydrogens (tertiary/aromatic N) is 2. The Kier molecular flexibility index (Phi) is 6.53. The summed E-state index contributed by atoms with van der Waals surface area (Å²) in [6, 6.07) is 15.8. The minimum atomic E-state index is -0.112. The SMILES string of the molecule is Cc1cc(C)cc(NC(=O)CSc2nc3c(c(=O)n2Cc2ccccc2)S[C@@H](C)C3)c1. The molecule has 0 saturated heterocycles. The topological polar surface area (TPSA) is 64.0 Å². The van der Waals surface area contributed by atoms with Crippen molar-refractivity contribution in [2.75, 3.05) is 11.1 Å². The number of hydrogen-bond donors (Lipinski definition) is 1. The van der Waals surface area contributed by atoms with E-state index in [0.29, 0.717) is 17.0 Å². The van der Waals surface area contributed by atoms with Crippen molar-refractivity contribution in [1.82, 2.24) is 9.55 Å². The maximum atomic E-state index is 13.2. The number of hydrogen-bond acceptors (Lipinski definition) is 5. The first-order valence-corrected chi connectivity index (χ1v) is 12.1. The van der Waals surface area contributed by atoms with Crippen LogP contribution in [0.5, 0.6) is 0 Å². The molecule has 0 spiro atoms. The molecule has 3 aromatic rings. The van der Waals surface area contributed by atoms with E-state index in [1.807, 2.05) is 56.3 Å². The predicted octanol–water partition coefficient (Wildman–Crippen LogP) is 4.68. The molecule has 1 N–H and O–H groups in total. The second kappa shape index (κ2) is 9.32. The van der Waals surface area contributed by atoms with Crippen molar-refractivity contribution < 1.29 is 4.79 Å². The molecule has 1 aliphatic heterocycles. The second-order valence-corrected chi connectivity index (χ2v) is 10.3. The van der Waals surface area contributed by atoms with Gasteiger partial charge in [-0.05, 0) is 42.7 Å². The first kappa shape index (κ1) is 21.7. The summed E-state index contributed by atoms with van der Waals surface area (Å²) in [5.41, 5.74) is 4.86. The van der Waals surface area contributed by atoms with Crippen LogP contribution in [-0.2, 0) is 17.8 Å². The molecule has 1 atom stereocenters. The first-order chi connectivity index (χ1) is 14.9. The molecule has 0 saturated carbocycles. The van der Waals surface area contributed by atoms with Gasteiger partial charge >= 0.3 is 0 Å². The highest BCUT2D eigenvalue weighted by molar-refractivity contribution is 8.00. The molecule has 1 aromatic heterocycles. The third-order valence-corrected chi connectivity index (χ3v) is 7.18. The van der Waals surface area contributed by atoms with E-state index in [-0.39, 0.29) is 17.2 Å². The van der Waals surface area contributed by atoms with Gasteiger partial charge in [-0.15, -0.1) is 11.8 Å². The summed E-state index contributed by atoms with van der Waals surface area (Å²) in [5.74, 6) is 0.0779. The van der Waals surface area contributed by atoms with Crippen LogP contribution in [-0.4, -0.2) is 26.5 Å². The number of benzene rings is 2. The first-order valence-electron chi connectivity index (χ1n) is 10.2. The van der Waals surface area contributed by atoms with E-state index in [1.165, 1.54) is 11.8 Å². The van der Waals surface area contributed by atoms with Gasteiger partial charge in [0.25, 0.3) is 5.56 Å². The molecule has 0 aliphatic carbocycles. The van der Waals surface area contributed by atoms with Crippen LogP contribution in [0.4, 0.5) is 5.69 Å². The average Bonchev–Trinajstić information content (AvgIpc) is 3.09. The number of carbonyl (C=O) groups is 1. The van der Waals surface area contributed by atoms with Gasteiger partial charge < -0.3 is 5.32 Å². The normalized spacial score (nSPS) is 15.0. The van der Waals surface area contributed by atoms with Gasteiger partial charge in [-0.25, -0.2) is 4.98 Å². The number of rotatable bonds is 6. The summed E-state index contributed by atoms with van der Waals surface area (Å²) < 4.78 is 1.70. The third-order valence-electron chi connectivity index (χ3n) is 4.98. The number of nitrogens with one attached hydrogen (secondary N) is 1. The third kappa shape index (κ3) is 5.22. The van der Waals surface area contributed by atoms with Crippen LogP contribution in [0.15, 0.2) is 63.4 Å². The van der Waals surface area contributed by atoms with Gasteiger partial charge in [0.2, 0.25) is 5.91 Å². The standard InChI is InChI=1S/C24H25N3O2S2/c1-15-9-16(2)11-19(10-15)25-21(28)14-30-24-26-20-12-17(3)31-22(20)23(29)27(24)13-18-7-5-4-6-8-18/h4-11,17H,12-14H2,1-3H3,(H,25,28)/t17-/m0/s1. The monoisotopic (exact) mass is 451 g/mol. The van der Waals surface area contributed by atoms with Crippen LogP contribution in [0.1, 0.15) is 29.3 Å². The molecule has 0 unspecified atom stereocenters. The van der Waals surface area contributed by atoms with Crippen molar-refractivity contribution in [3.8, 4) is 0 Å². The zero-order valence-corrected chi connectivity index (χ0v) is 19.5. The molecule has 2 aromatic carbocycles. The van der Waals surface area contributed by atoms with E-state index >= 15 is 0 Å². The predicted molar refractivity (Wildman–Crippen MR) is 128 cm³/mol. The van der Waals surface area contributed by atoms with E-state index in [1.54, 1.807) is 16.3 Å². The highest BCUT2D eigenvalue weighted by Gasteiger charge is 2.26. The van der Waals surface area contributed by atoms with E-state index < -0.39 is 0 Å². The fourth-order valence-corrected chi connectivity index (χ4v) is 5.65. The number of amides is 1. The quantitative estimate of drug-likeness (QED) is 0.436. The molecule has 1 amide bonds. The van der Waals surface area contributed by atoms with Gasteiger partial charge in [0.15, 0.2) is 5.16 Å². The molecule has 31 heavy (non-hydrogen) atoms. The van der Waals surface area contributed by atoms with Crippen LogP contribution in [0, 0.1) is 13.8 Å². The van der Waals surface area contributed by atoms with Crippen LogP contribution in [0.3, 0.4) is 0 Å². The Balaban J connectivity index is 1.56. The summed E-state index contributed by atoms with van der Waals surface area (Å²) in [7, 11) is 0. The molecular formula is C24H25N3O2S2. The lowest BCUT2D eigenvalue weighted by molar-refractivity contribution is -0.113. The highest BCUT2D eigenvalue weighted by atomic mass is 32.2. The van der Waals surface area contributed by atoms with Gasteiger partial charge in [0, 0.05) is 17.4 Å². The van der Waals surface area contributed by atoms with Crippen LogP contribution in [0.25, 0.3) is 0 Å². The fourth-order valence-electron chi connectivity index (χ4n) is 3.72. The number of anilines is 1. The lowest BCUT2D eigenvalue weighted by atomic mass is 10.1. The Morgan fingerprint density at radius 2 is 1.90 bits per heavy atom. The van der Waals surface area contributed by atoms with Gasteiger partial charge in [-0.3, -0.25) is 14.2 Å². The van der Waals surface area contributed by atoms with Crippen molar-refractivity contribution in [2.24, 2.45) is 0 Å². The Labute approximate surface area is 190 Å². The van der Waals surface area contributed by atoms with Crippen molar-refractivity contribution in [2.45, 2.75) is 49.0 Å².